The van der Waals surface area contributed by atoms with Crippen molar-refractivity contribution >= 4 is 5.78 Å². The van der Waals surface area contributed by atoms with Gasteiger partial charge in [0.1, 0.15) is 5.60 Å². The maximum atomic E-state index is 11.8. The van der Waals surface area contributed by atoms with Crippen molar-refractivity contribution in [3.05, 3.63) is 36.0 Å². The van der Waals surface area contributed by atoms with Crippen LogP contribution in [0.3, 0.4) is 0 Å². The largest absolute Gasteiger partial charge is 0.377 e. The van der Waals surface area contributed by atoms with Gasteiger partial charge in [0.05, 0.1) is 0 Å². The third-order valence-corrected chi connectivity index (χ3v) is 7.52. The van der Waals surface area contributed by atoms with Gasteiger partial charge >= 0.3 is 0 Å². The molecule has 0 saturated heterocycles. The van der Waals surface area contributed by atoms with Gasteiger partial charge in [-0.05, 0) is 67.4 Å². The summed E-state index contributed by atoms with van der Waals surface area (Å²) < 4.78 is 0. The van der Waals surface area contributed by atoms with Gasteiger partial charge < -0.3 is 5.11 Å². The number of terminal acetylenes is 1. The van der Waals surface area contributed by atoms with Crippen molar-refractivity contribution in [3.8, 4) is 12.3 Å². The van der Waals surface area contributed by atoms with Crippen molar-refractivity contribution in [2.45, 2.75) is 51.0 Å². The standard InChI is InChI=1S/C22H26O2/c1-4-21-13-14(3)20-17-9-7-16(23)12-15(17)6-8-18(20)19(21)10-11-22(21,24)5-2/h2,6,8,12,17-20,24H,3-4,7,9-11,13H2,1H3/t17-,18-,19-,20+,21-,22-/m0/s1. The Kier molecular flexibility index (Phi) is 3.45. The summed E-state index contributed by atoms with van der Waals surface area (Å²) in [5, 5.41) is 11.2. The van der Waals surface area contributed by atoms with Gasteiger partial charge in [0, 0.05) is 11.8 Å². The highest BCUT2D eigenvalue weighted by Crippen LogP contribution is 2.66. The first kappa shape index (κ1) is 15.9. The molecule has 0 radical (unpaired) electrons. The Morgan fingerprint density at radius 2 is 2.25 bits per heavy atom. The van der Waals surface area contributed by atoms with Crippen LogP contribution in [0.4, 0.5) is 0 Å². The highest BCUT2D eigenvalue weighted by atomic mass is 16.3. The molecule has 4 aliphatic carbocycles. The maximum Gasteiger partial charge on any atom is 0.155 e. The molecule has 4 aliphatic rings. The molecule has 2 heteroatoms. The first-order chi connectivity index (χ1) is 11.5. The van der Waals surface area contributed by atoms with Crippen molar-refractivity contribution in [2.75, 3.05) is 0 Å². The van der Waals surface area contributed by atoms with Gasteiger partial charge in [0.15, 0.2) is 5.78 Å². The Hall–Kier alpha value is -1.59. The van der Waals surface area contributed by atoms with Gasteiger partial charge in [-0.15, -0.1) is 6.42 Å². The molecule has 126 valence electrons. The lowest BCUT2D eigenvalue weighted by Crippen LogP contribution is -2.53. The van der Waals surface area contributed by atoms with Crippen LogP contribution in [0.2, 0.25) is 0 Å². The fourth-order valence-electron chi connectivity index (χ4n) is 6.39. The summed E-state index contributed by atoms with van der Waals surface area (Å²) in [6.45, 7) is 6.59. The van der Waals surface area contributed by atoms with Crippen LogP contribution in [0.25, 0.3) is 0 Å². The van der Waals surface area contributed by atoms with E-state index in [9.17, 15) is 9.90 Å². The van der Waals surface area contributed by atoms with E-state index in [1.807, 2.05) is 6.08 Å². The molecule has 0 spiro atoms. The minimum absolute atomic E-state index is 0.240. The molecule has 0 unspecified atom stereocenters. The topological polar surface area (TPSA) is 37.3 Å². The molecule has 4 rings (SSSR count). The van der Waals surface area contributed by atoms with E-state index in [0.717, 1.165) is 25.7 Å². The SMILES string of the molecule is C#C[C@]1(O)CC[C@H]2[C@@H]3C=CC4=CC(=O)CC[C@@H]4[C@H]3C(=C)C[C@@]21CC. The van der Waals surface area contributed by atoms with E-state index < -0.39 is 5.60 Å². The summed E-state index contributed by atoms with van der Waals surface area (Å²) in [5.41, 5.74) is 1.16. The zero-order chi connectivity index (χ0) is 17.1. The van der Waals surface area contributed by atoms with Crippen molar-refractivity contribution in [1.29, 1.82) is 0 Å². The minimum atomic E-state index is -1.01. The Bertz CT molecular complexity index is 706. The van der Waals surface area contributed by atoms with Crippen LogP contribution in [-0.2, 0) is 4.79 Å². The van der Waals surface area contributed by atoms with Crippen LogP contribution in [0.1, 0.15) is 45.4 Å². The first-order valence-corrected chi connectivity index (χ1v) is 9.26. The lowest BCUT2D eigenvalue weighted by molar-refractivity contribution is -0.115. The molecule has 0 aromatic carbocycles. The molecule has 6 atom stereocenters. The number of hydrogen-bond acceptors (Lipinski definition) is 2. The smallest absolute Gasteiger partial charge is 0.155 e. The molecule has 0 bridgehead atoms. The molecule has 0 amide bonds. The van der Waals surface area contributed by atoms with Crippen LogP contribution >= 0.6 is 0 Å². The van der Waals surface area contributed by atoms with E-state index in [4.69, 9.17) is 6.42 Å². The molecule has 24 heavy (non-hydrogen) atoms. The number of fused-ring (bicyclic) bond motifs is 5. The van der Waals surface area contributed by atoms with Crippen LogP contribution in [0.15, 0.2) is 36.0 Å². The lowest BCUT2D eigenvalue weighted by Gasteiger charge is -2.55. The van der Waals surface area contributed by atoms with Gasteiger partial charge in [-0.2, -0.15) is 0 Å². The van der Waals surface area contributed by atoms with Gasteiger partial charge in [0.2, 0.25) is 0 Å². The van der Waals surface area contributed by atoms with Crippen LogP contribution in [0, 0.1) is 41.4 Å². The summed E-state index contributed by atoms with van der Waals surface area (Å²) >= 11 is 0. The maximum absolute atomic E-state index is 11.8. The fraction of sp³-hybridized carbons (Fsp3) is 0.591. The predicted octanol–water partition coefficient (Wildman–Crippen LogP) is 3.82. The van der Waals surface area contributed by atoms with Crippen LogP contribution < -0.4 is 0 Å². The highest BCUT2D eigenvalue weighted by Gasteiger charge is 2.63. The summed E-state index contributed by atoms with van der Waals surface area (Å²) in [7, 11) is 0. The molecular formula is C22H26O2. The summed E-state index contributed by atoms with van der Waals surface area (Å²) in [5.74, 6) is 4.61. The Labute approximate surface area is 144 Å². The van der Waals surface area contributed by atoms with Gasteiger partial charge in [-0.1, -0.05) is 37.1 Å². The fourth-order valence-corrected chi connectivity index (χ4v) is 6.39. The normalized spacial score (nSPS) is 46.6. The first-order valence-electron chi connectivity index (χ1n) is 9.26. The molecule has 0 aromatic rings. The predicted molar refractivity (Wildman–Crippen MR) is 94.9 cm³/mol. The number of rotatable bonds is 1. The summed E-state index contributed by atoms with van der Waals surface area (Å²) in [4.78, 5) is 11.8. The molecular weight excluding hydrogens is 296 g/mol. The molecule has 0 aliphatic heterocycles. The number of ketones is 1. The second-order valence-electron chi connectivity index (χ2n) is 8.21. The Balaban J connectivity index is 1.80. The van der Waals surface area contributed by atoms with E-state index in [0.29, 0.717) is 36.5 Å². The Morgan fingerprint density at radius 1 is 1.46 bits per heavy atom. The van der Waals surface area contributed by atoms with Crippen LogP contribution in [-0.4, -0.2) is 16.5 Å². The summed E-state index contributed by atoms with van der Waals surface area (Å²) in [6, 6.07) is 0. The quantitative estimate of drug-likeness (QED) is 0.588. The molecule has 2 nitrogen and oxygen atoms in total. The number of carbonyl (C=O) groups excluding carboxylic acids is 1. The number of allylic oxidation sites excluding steroid dienone is 5. The zero-order valence-electron chi connectivity index (χ0n) is 14.4. The average Bonchev–Trinajstić information content (AvgIpc) is 2.88. The van der Waals surface area contributed by atoms with Crippen LogP contribution in [0.5, 0.6) is 0 Å². The molecule has 1 N–H and O–H groups in total. The van der Waals surface area contributed by atoms with Crippen molar-refractivity contribution in [2.24, 2.45) is 29.1 Å². The van der Waals surface area contributed by atoms with Gasteiger partial charge in [0.25, 0.3) is 0 Å². The number of hydrogen-bond donors (Lipinski definition) is 1. The van der Waals surface area contributed by atoms with E-state index in [1.54, 1.807) is 0 Å². The molecule has 2 saturated carbocycles. The third-order valence-electron chi connectivity index (χ3n) is 7.52. The van der Waals surface area contributed by atoms with Gasteiger partial charge in [-0.25, -0.2) is 0 Å². The number of aliphatic hydroxyl groups is 1. The second-order valence-corrected chi connectivity index (χ2v) is 8.21. The Morgan fingerprint density at radius 3 is 2.96 bits per heavy atom. The van der Waals surface area contributed by atoms with E-state index in [1.165, 1.54) is 11.1 Å². The van der Waals surface area contributed by atoms with E-state index >= 15 is 0 Å². The third kappa shape index (κ3) is 1.85. The molecule has 0 aromatic heterocycles. The van der Waals surface area contributed by atoms with Crippen molar-refractivity contribution in [3.63, 3.8) is 0 Å². The second kappa shape index (κ2) is 5.20. The van der Waals surface area contributed by atoms with Crippen molar-refractivity contribution in [1.82, 2.24) is 0 Å². The van der Waals surface area contributed by atoms with Gasteiger partial charge in [-0.3, -0.25) is 4.79 Å². The molecule has 2 fully saturated rings. The zero-order valence-corrected chi connectivity index (χ0v) is 14.4. The summed E-state index contributed by atoms with van der Waals surface area (Å²) in [6.07, 6.45) is 17.0. The van der Waals surface area contributed by atoms with E-state index in [-0.39, 0.29) is 11.2 Å². The minimum Gasteiger partial charge on any atom is -0.377 e. The van der Waals surface area contributed by atoms with E-state index in [2.05, 4.69) is 31.6 Å². The monoisotopic (exact) mass is 322 g/mol. The lowest BCUT2D eigenvalue weighted by atomic mass is 9.49. The molecule has 0 heterocycles. The average molecular weight is 322 g/mol. The number of carbonyl (C=O) groups is 1. The highest BCUT2D eigenvalue weighted by molar-refractivity contribution is 5.92. The van der Waals surface area contributed by atoms with Crippen molar-refractivity contribution < 1.29 is 9.90 Å².